The average molecular weight is 468 g/mol. The van der Waals surface area contributed by atoms with Crippen LogP contribution in [0.3, 0.4) is 0 Å². The monoisotopic (exact) mass is 467 g/mol. The molecule has 186 valence electrons. The van der Waals surface area contributed by atoms with Crippen molar-refractivity contribution in [2.75, 3.05) is 26.2 Å². The van der Waals surface area contributed by atoms with Crippen molar-refractivity contribution in [3.8, 4) is 11.5 Å². The number of nitrogens with zero attached hydrogens (tertiary/aromatic N) is 3. The molecule has 0 N–H and O–H groups in total. The van der Waals surface area contributed by atoms with Gasteiger partial charge in [0.15, 0.2) is 23.9 Å². The van der Waals surface area contributed by atoms with Crippen molar-refractivity contribution in [2.45, 2.75) is 59.9 Å². The SMILES string of the molecule is CC.CC.COc1ccc(C(Cc2cc[n+]([O-])cc2)c2ccc(N(C)C(C)C)nc2)cc1OC. The third-order valence-electron chi connectivity index (χ3n) is 5.43. The van der Waals surface area contributed by atoms with E-state index in [1.807, 2.05) is 65.2 Å². The van der Waals surface area contributed by atoms with Crippen LogP contribution in [0.15, 0.2) is 61.1 Å². The third kappa shape index (κ3) is 7.65. The molecule has 0 aliphatic carbocycles. The number of aromatic nitrogens is 2. The number of pyridine rings is 2. The van der Waals surface area contributed by atoms with Gasteiger partial charge in [0.25, 0.3) is 0 Å². The fourth-order valence-corrected chi connectivity index (χ4v) is 3.39. The summed E-state index contributed by atoms with van der Waals surface area (Å²) in [5, 5.41) is 11.4. The van der Waals surface area contributed by atoms with Gasteiger partial charge in [0.05, 0.1) is 14.2 Å². The molecule has 0 fully saturated rings. The zero-order valence-corrected chi connectivity index (χ0v) is 22.2. The predicted octanol–water partition coefficient (Wildman–Crippen LogP) is 6.00. The van der Waals surface area contributed by atoms with E-state index in [-0.39, 0.29) is 5.92 Å². The molecular formula is C28H41N3O3. The Labute approximate surface area is 205 Å². The molecule has 2 aromatic heterocycles. The summed E-state index contributed by atoms with van der Waals surface area (Å²) in [6.07, 6.45) is 5.73. The van der Waals surface area contributed by atoms with Crippen LogP contribution in [-0.2, 0) is 6.42 Å². The number of hydrogen-bond donors (Lipinski definition) is 0. The number of rotatable bonds is 8. The second-order valence-electron chi connectivity index (χ2n) is 7.59. The zero-order valence-electron chi connectivity index (χ0n) is 22.2. The highest BCUT2D eigenvalue weighted by atomic mass is 16.5. The largest absolute Gasteiger partial charge is 0.619 e. The lowest BCUT2D eigenvalue weighted by atomic mass is 9.86. The van der Waals surface area contributed by atoms with Gasteiger partial charge in [-0.05, 0) is 55.2 Å². The van der Waals surface area contributed by atoms with E-state index in [4.69, 9.17) is 14.5 Å². The predicted molar refractivity (Wildman–Crippen MR) is 141 cm³/mol. The van der Waals surface area contributed by atoms with Gasteiger partial charge >= 0.3 is 0 Å². The van der Waals surface area contributed by atoms with E-state index < -0.39 is 0 Å². The second kappa shape index (κ2) is 14.8. The van der Waals surface area contributed by atoms with Gasteiger partial charge in [-0.3, -0.25) is 0 Å². The molecule has 0 saturated heterocycles. The maximum absolute atomic E-state index is 11.4. The molecule has 2 heterocycles. The van der Waals surface area contributed by atoms with Crippen LogP contribution in [0.1, 0.15) is 64.2 Å². The molecule has 0 aliphatic heterocycles. The van der Waals surface area contributed by atoms with E-state index in [0.29, 0.717) is 17.5 Å². The van der Waals surface area contributed by atoms with Crippen LogP contribution in [-0.4, -0.2) is 32.3 Å². The van der Waals surface area contributed by atoms with Gasteiger partial charge in [0.2, 0.25) is 0 Å². The fraction of sp³-hybridized carbons (Fsp3) is 0.429. The van der Waals surface area contributed by atoms with Crippen LogP contribution in [0.2, 0.25) is 0 Å². The maximum Gasteiger partial charge on any atom is 0.180 e. The summed E-state index contributed by atoms with van der Waals surface area (Å²) >= 11 is 0. The smallest absolute Gasteiger partial charge is 0.180 e. The van der Waals surface area contributed by atoms with Crippen molar-refractivity contribution in [3.05, 3.63) is 83.0 Å². The third-order valence-corrected chi connectivity index (χ3v) is 5.43. The molecule has 3 rings (SSSR count). The lowest BCUT2D eigenvalue weighted by molar-refractivity contribution is -0.605. The Morgan fingerprint density at radius 2 is 1.47 bits per heavy atom. The Morgan fingerprint density at radius 3 is 1.97 bits per heavy atom. The molecule has 0 amide bonds. The fourth-order valence-electron chi connectivity index (χ4n) is 3.39. The first-order chi connectivity index (χ1) is 16.4. The highest BCUT2D eigenvalue weighted by Crippen LogP contribution is 2.35. The summed E-state index contributed by atoms with van der Waals surface area (Å²) in [6.45, 7) is 12.3. The molecule has 0 saturated carbocycles. The summed E-state index contributed by atoms with van der Waals surface area (Å²) in [6, 6.07) is 14.2. The molecular weight excluding hydrogens is 426 g/mol. The van der Waals surface area contributed by atoms with Gasteiger partial charge in [-0.1, -0.05) is 39.8 Å². The van der Waals surface area contributed by atoms with E-state index in [9.17, 15) is 5.21 Å². The van der Waals surface area contributed by atoms with Gasteiger partial charge in [0, 0.05) is 37.3 Å². The number of ether oxygens (including phenoxy) is 2. The first-order valence-corrected chi connectivity index (χ1v) is 12.0. The van der Waals surface area contributed by atoms with Crippen LogP contribution in [0, 0.1) is 5.21 Å². The first-order valence-electron chi connectivity index (χ1n) is 12.0. The maximum atomic E-state index is 11.4. The Hall–Kier alpha value is -3.28. The lowest BCUT2D eigenvalue weighted by Gasteiger charge is -2.24. The van der Waals surface area contributed by atoms with Gasteiger partial charge in [-0.25, -0.2) is 4.98 Å². The molecule has 1 atom stereocenters. The zero-order chi connectivity index (χ0) is 25.7. The van der Waals surface area contributed by atoms with E-state index in [0.717, 1.165) is 33.7 Å². The summed E-state index contributed by atoms with van der Waals surface area (Å²) < 4.78 is 11.7. The van der Waals surface area contributed by atoms with Crippen LogP contribution in [0.4, 0.5) is 5.82 Å². The molecule has 3 aromatic rings. The van der Waals surface area contributed by atoms with Crippen molar-refractivity contribution in [3.63, 3.8) is 0 Å². The Bertz CT molecular complexity index is 958. The molecule has 34 heavy (non-hydrogen) atoms. The average Bonchev–Trinajstić information content (AvgIpc) is 2.90. The molecule has 1 aromatic carbocycles. The molecule has 0 radical (unpaired) electrons. The van der Waals surface area contributed by atoms with Crippen LogP contribution in [0.5, 0.6) is 11.5 Å². The summed E-state index contributed by atoms with van der Waals surface area (Å²) in [4.78, 5) is 6.83. The molecule has 0 spiro atoms. The Balaban J connectivity index is 0.00000137. The Morgan fingerprint density at radius 1 is 0.882 bits per heavy atom. The highest BCUT2D eigenvalue weighted by Gasteiger charge is 2.19. The first kappa shape index (κ1) is 28.8. The van der Waals surface area contributed by atoms with Gasteiger partial charge in [0.1, 0.15) is 5.82 Å². The van der Waals surface area contributed by atoms with Gasteiger partial charge in [-0.2, -0.15) is 4.73 Å². The van der Waals surface area contributed by atoms with E-state index in [1.54, 1.807) is 14.2 Å². The summed E-state index contributed by atoms with van der Waals surface area (Å²) in [7, 11) is 5.31. The minimum Gasteiger partial charge on any atom is -0.619 e. The number of hydrogen-bond acceptors (Lipinski definition) is 5. The lowest BCUT2D eigenvalue weighted by Crippen LogP contribution is -2.26. The van der Waals surface area contributed by atoms with Crippen molar-refractivity contribution < 1.29 is 14.2 Å². The van der Waals surface area contributed by atoms with Crippen molar-refractivity contribution in [1.29, 1.82) is 0 Å². The number of benzene rings is 1. The standard InChI is InChI=1S/C24H29N3O3.2C2H6/c1-17(2)26(3)24-9-7-20(16-25-24)21(14-18-10-12-27(28)13-11-18)19-6-8-22(29-4)23(15-19)30-5;2*1-2/h6-13,15-17,21H,14H2,1-5H3;2*1-2H3. The van der Waals surface area contributed by atoms with Crippen LogP contribution < -0.4 is 19.1 Å². The molecule has 6 heteroatoms. The Kier molecular flexibility index (Phi) is 12.5. The quantitative estimate of drug-likeness (QED) is 0.300. The minimum atomic E-state index is 0.0539. The molecule has 0 bridgehead atoms. The molecule has 0 aliphatic rings. The second-order valence-corrected chi connectivity index (χ2v) is 7.59. The normalized spacial score (nSPS) is 10.9. The van der Waals surface area contributed by atoms with Crippen LogP contribution >= 0.6 is 0 Å². The summed E-state index contributed by atoms with van der Waals surface area (Å²) in [5.41, 5.74) is 3.27. The molecule has 6 nitrogen and oxygen atoms in total. The number of anilines is 1. The molecule has 1 unspecified atom stereocenters. The van der Waals surface area contributed by atoms with E-state index in [1.165, 1.54) is 12.4 Å². The van der Waals surface area contributed by atoms with Crippen molar-refractivity contribution in [2.24, 2.45) is 0 Å². The topological polar surface area (TPSA) is 61.5 Å². The van der Waals surface area contributed by atoms with Crippen LogP contribution in [0.25, 0.3) is 0 Å². The van der Waals surface area contributed by atoms with Gasteiger partial charge < -0.3 is 19.6 Å². The van der Waals surface area contributed by atoms with E-state index in [2.05, 4.69) is 36.9 Å². The summed E-state index contributed by atoms with van der Waals surface area (Å²) in [5.74, 6) is 2.37. The van der Waals surface area contributed by atoms with E-state index >= 15 is 0 Å². The van der Waals surface area contributed by atoms with Crippen molar-refractivity contribution >= 4 is 5.82 Å². The number of methoxy groups -OCH3 is 2. The van der Waals surface area contributed by atoms with Crippen molar-refractivity contribution in [1.82, 2.24) is 4.98 Å². The van der Waals surface area contributed by atoms with Gasteiger partial charge in [-0.15, -0.1) is 0 Å². The highest BCUT2D eigenvalue weighted by molar-refractivity contribution is 5.47. The minimum absolute atomic E-state index is 0.0539.